The smallest absolute Gasteiger partial charge is 0.409 e. The van der Waals surface area contributed by atoms with Gasteiger partial charge < -0.3 is 64.5 Å². The van der Waals surface area contributed by atoms with E-state index in [-0.39, 0.29) is 85.2 Å². The Morgan fingerprint density at radius 2 is 1.57 bits per heavy atom. The van der Waals surface area contributed by atoms with Crippen LogP contribution < -0.4 is 26.8 Å². The molecule has 2 unspecified atom stereocenters. The molecule has 3 saturated heterocycles. The number of rotatable bonds is 21. The van der Waals surface area contributed by atoms with Gasteiger partial charge in [0, 0.05) is 57.0 Å². The van der Waals surface area contributed by atoms with Crippen LogP contribution in [0.2, 0.25) is 0 Å². The van der Waals surface area contributed by atoms with Gasteiger partial charge in [0.2, 0.25) is 23.6 Å². The van der Waals surface area contributed by atoms with E-state index >= 15 is 8.78 Å². The van der Waals surface area contributed by atoms with Gasteiger partial charge in [-0.3, -0.25) is 56.6 Å². The summed E-state index contributed by atoms with van der Waals surface area (Å²) < 4.78 is 87.5. The summed E-state index contributed by atoms with van der Waals surface area (Å²) in [4.78, 5) is 133. The highest BCUT2D eigenvalue weighted by atomic mass is 32.7. The van der Waals surface area contributed by atoms with Crippen LogP contribution in [-0.2, 0) is 84.1 Å². The first-order chi connectivity index (χ1) is 42.3. The number of imide groups is 1. The van der Waals surface area contributed by atoms with E-state index in [4.69, 9.17) is 44.1 Å². The number of nitrogens with one attached hydrogen (secondary N) is 5. The Bertz CT molecular complexity index is 3680. The maximum Gasteiger partial charge on any atom is 0.409 e. The van der Waals surface area contributed by atoms with Gasteiger partial charge in [-0.2, -0.15) is 0 Å². The number of aliphatic hydroxyl groups is 1. The zero-order valence-electron chi connectivity index (χ0n) is 47.9. The van der Waals surface area contributed by atoms with E-state index in [2.05, 4.69) is 58.4 Å². The number of aromatic amines is 1. The first kappa shape index (κ1) is 66.4. The van der Waals surface area contributed by atoms with Crippen molar-refractivity contribution in [1.29, 1.82) is 0 Å². The minimum absolute atomic E-state index is 0.00145. The predicted octanol–water partition coefficient (Wildman–Crippen LogP) is 3.33. The number of hydrogen-bond donors (Lipinski definition) is 8. The number of halogens is 2. The molecule has 4 aliphatic heterocycles. The maximum atomic E-state index is 16.7. The molecule has 8 heterocycles. The summed E-state index contributed by atoms with van der Waals surface area (Å²) in [6.07, 6.45) is -5.95. The molecule has 4 aliphatic rings. The third kappa shape index (κ3) is 16.0. The molecule has 0 radical (unpaired) electrons. The van der Waals surface area contributed by atoms with Crippen molar-refractivity contribution < 1.29 is 89.2 Å². The third-order valence-electron chi connectivity index (χ3n) is 14.6. The second-order valence-corrected chi connectivity index (χ2v) is 27.1. The van der Waals surface area contributed by atoms with Gasteiger partial charge in [-0.25, -0.2) is 38.1 Å². The van der Waals surface area contributed by atoms with Crippen molar-refractivity contribution in [1.82, 2.24) is 54.5 Å². The lowest BCUT2D eigenvalue weighted by Gasteiger charge is -2.27. The molecule has 4 aromatic heterocycles. The molecule has 37 heteroatoms. The summed E-state index contributed by atoms with van der Waals surface area (Å²) in [5.74, 6) is -4.08. The number of H-pyrrole nitrogens is 1. The zero-order chi connectivity index (χ0) is 64.1. The van der Waals surface area contributed by atoms with E-state index in [0.717, 1.165) is 39.2 Å². The van der Waals surface area contributed by atoms with Gasteiger partial charge in [-0.1, -0.05) is 44.6 Å². The van der Waals surface area contributed by atoms with Crippen LogP contribution in [0, 0.1) is 11.7 Å². The number of anilines is 2. The molecule has 2 bridgehead atoms. The maximum absolute atomic E-state index is 16.7. The van der Waals surface area contributed by atoms with Crippen LogP contribution in [0.15, 0.2) is 66.4 Å². The highest BCUT2D eigenvalue weighted by molar-refractivity contribution is 8.44. The van der Waals surface area contributed by atoms with Crippen molar-refractivity contribution in [2.45, 2.75) is 127 Å². The molecule has 0 spiro atoms. The number of aliphatic hydroxyl groups excluding tert-OH is 1. The second kappa shape index (κ2) is 28.4. The van der Waals surface area contributed by atoms with Crippen LogP contribution in [0.3, 0.4) is 0 Å². The number of carbonyl (C=O) groups is 7. The summed E-state index contributed by atoms with van der Waals surface area (Å²) >= 11 is 9.31. The van der Waals surface area contributed by atoms with Gasteiger partial charge in [0.25, 0.3) is 17.4 Å². The fraction of sp³-hybridized carbons (Fsp3) is 0.500. The molecule has 0 saturated carbocycles. The second-order valence-electron chi connectivity index (χ2n) is 21.4. The fourth-order valence-corrected chi connectivity index (χ4v) is 12.8. The minimum Gasteiger partial charge on any atom is -0.445 e. The number of carbonyl (C=O) groups excluding carboxylic acids is 7. The molecule has 7 N–H and O–H groups in total. The number of thiol groups is 1. The SMILES string of the molecule is CC(C)[C@H](NC(=O)CCCCCN1C(=O)C=CC1=O)C(=O)N[C@@H](C)C(=O)Nc1ccc(COC(=O)N(C)CCCC(=O)Nc2ncnc3c2ncn3[C@@H]2O[C@@H]3COP(=O)(S)O[C@@H]4[C@H](O)[C@@H](COP(O)(=S)O[C@H]3[C@H]2F)O[C@H]4n2cc(F)c3c(=O)[nH]cnc32)cc1. The molecular weight excluding hydrogens is 1260 g/mol. The molecule has 0 aliphatic carbocycles. The van der Waals surface area contributed by atoms with Crippen LogP contribution in [0.1, 0.15) is 77.3 Å². The standard InChI is InChI=1S/C52H63F2N13O18P2S2/c1-26(2)39(62-33(68)9-6-5-7-18-65-35(70)15-16-36(65)71)49(75)60-27(3)47(73)61-29-13-11-28(12-14-29)20-79-52(76)64(4)17-8-10-34(69)63-44-40-46(57-23-55-44)67(25-59-40)50-38(54)42-32(83-50)22-81-87(78,89)85-43-41(72)31(21-80-86(77,88)84-42)82-51(43)66-19-30(53)37-45(66)56-24-58-48(37)74/h11-16,19,23-27,31-32,38-39,41-43,50-51,72H,5-10,17-18,20-22H2,1-4H3,(H,60,75)(H,61,73)(H,62,68)(H,77,88)(H,78,89)(H,56,58,74)(H,55,57,63,69)/t27-,31+,32+,38+,39-,41+,42+,43+,50+,51+,86?,87?/m0/s1. The van der Waals surface area contributed by atoms with Crippen LogP contribution in [-0.4, -0.2) is 178 Å². The van der Waals surface area contributed by atoms with E-state index in [0.29, 0.717) is 30.5 Å². The van der Waals surface area contributed by atoms with Gasteiger partial charge in [0.15, 0.2) is 47.1 Å². The number of fused-ring (bicyclic) bond motifs is 5. The topological polar surface area (TPSA) is 391 Å². The lowest BCUT2D eigenvalue weighted by Crippen LogP contribution is -2.53. The summed E-state index contributed by atoms with van der Waals surface area (Å²) in [6, 6.07) is 4.51. The molecule has 31 nitrogen and oxygen atoms in total. The Morgan fingerprint density at radius 1 is 0.865 bits per heavy atom. The minimum atomic E-state index is -4.61. The van der Waals surface area contributed by atoms with Crippen LogP contribution in [0.5, 0.6) is 0 Å². The number of benzene rings is 1. The Hall–Kier alpha value is -7.01. The van der Waals surface area contributed by atoms with Crippen LogP contribution >= 0.6 is 25.8 Å². The van der Waals surface area contributed by atoms with Crippen molar-refractivity contribution in [3.8, 4) is 0 Å². The molecule has 3 fully saturated rings. The van der Waals surface area contributed by atoms with Crippen LogP contribution in [0.4, 0.5) is 25.1 Å². The molecule has 5 aromatic rings. The van der Waals surface area contributed by atoms with Gasteiger partial charge in [-0.15, -0.1) is 0 Å². The highest BCUT2D eigenvalue weighted by Gasteiger charge is 2.54. The number of hydrogen-bond acceptors (Lipinski definition) is 22. The normalized spacial score (nSPS) is 26.1. The van der Waals surface area contributed by atoms with Crippen LogP contribution in [0.25, 0.3) is 22.2 Å². The summed E-state index contributed by atoms with van der Waals surface area (Å²) in [5.41, 5.74) is -0.123. The van der Waals surface area contributed by atoms with Crippen molar-refractivity contribution in [3.05, 3.63) is 83.3 Å². The Balaban J connectivity index is 0.716. The molecule has 480 valence electrons. The molecule has 12 atom stereocenters. The van der Waals surface area contributed by atoms with E-state index in [1.807, 2.05) is 0 Å². The molecular formula is C52H63F2N13O18P2S2. The van der Waals surface area contributed by atoms with Crippen molar-refractivity contribution in [2.24, 2.45) is 5.92 Å². The van der Waals surface area contributed by atoms with Crippen molar-refractivity contribution in [3.63, 3.8) is 0 Å². The zero-order valence-corrected chi connectivity index (χ0v) is 51.4. The van der Waals surface area contributed by atoms with E-state index in [1.165, 1.54) is 31.0 Å². The quantitative estimate of drug-likeness (QED) is 0.0226. The Kier molecular flexibility index (Phi) is 21.2. The third-order valence-corrected chi connectivity index (χ3v) is 17.8. The highest BCUT2D eigenvalue weighted by Crippen LogP contribution is 2.58. The molecule has 7 amide bonds. The van der Waals surface area contributed by atoms with E-state index in [9.17, 15) is 52.9 Å². The first-order valence-electron chi connectivity index (χ1n) is 27.8. The number of unbranched alkanes of at least 4 members (excludes halogenated alkanes) is 2. The van der Waals surface area contributed by atoms with E-state index in [1.54, 1.807) is 38.1 Å². The number of alkyl halides is 1. The van der Waals surface area contributed by atoms with Crippen molar-refractivity contribution >= 4 is 113 Å². The van der Waals surface area contributed by atoms with E-state index < -0.39 is 129 Å². The van der Waals surface area contributed by atoms with Gasteiger partial charge >= 0.3 is 19.6 Å². The summed E-state index contributed by atoms with van der Waals surface area (Å²) in [7, 11) is 1.48. The predicted molar refractivity (Wildman–Crippen MR) is 314 cm³/mol. The Labute approximate surface area is 514 Å². The molecule has 1 aromatic carbocycles. The number of ether oxygens (including phenoxy) is 3. The lowest BCUT2D eigenvalue weighted by atomic mass is 10.0. The summed E-state index contributed by atoms with van der Waals surface area (Å²) in [6.45, 7) is -5.38. The average Bonchev–Trinajstić information content (AvgIpc) is 1.67. The van der Waals surface area contributed by atoms with Gasteiger partial charge in [0.05, 0.1) is 25.9 Å². The lowest BCUT2D eigenvalue weighted by molar-refractivity contribution is -0.137. The monoisotopic (exact) mass is 1320 g/mol. The Morgan fingerprint density at radius 3 is 2.30 bits per heavy atom. The first-order valence-corrected chi connectivity index (χ1v) is 33.1. The average molecular weight is 1320 g/mol. The summed E-state index contributed by atoms with van der Waals surface area (Å²) in [5, 5.41) is 21.6. The molecule has 89 heavy (non-hydrogen) atoms. The number of aromatic nitrogens is 7. The van der Waals surface area contributed by atoms with Gasteiger partial charge in [0.1, 0.15) is 60.9 Å². The number of imidazole rings is 1. The molecule has 9 rings (SSSR count). The number of nitrogens with zero attached hydrogens (tertiary/aromatic N) is 8. The largest absolute Gasteiger partial charge is 0.445 e. The van der Waals surface area contributed by atoms with Crippen molar-refractivity contribution in [2.75, 3.05) is 44.0 Å². The fourth-order valence-electron chi connectivity index (χ4n) is 9.93. The van der Waals surface area contributed by atoms with Gasteiger partial charge in [-0.05, 0) is 61.6 Å². The number of amides is 7.